The first-order valence-electron chi connectivity index (χ1n) is 4.42. The van der Waals surface area contributed by atoms with E-state index in [0.717, 1.165) is 13.1 Å². The molecule has 0 bridgehead atoms. The molecule has 1 aliphatic heterocycles. The number of rotatable bonds is 1. The van der Waals surface area contributed by atoms with Gasteiger partial charge >= 0.3 is 0 Å². The van der Waals surface area contributed by atoms with E-state index in [9.17, 15) is 4.79 Å². The lowest BCUT2D eigenvalue weighted by Crippen LogP contribution is -2.35. The maximum absolute atomic E-state index is 11.4. The lowest BCUT2D eigenvalue weighted by Gasteiger charge is -2.16. The van der Waals surface area contributed by atoms with Crippen LogP contribution in [0.2, 0.25) is 0 Å². The first kappa shape index (κ1) is 8.47. The van der Waals surface area contributed by atoms with E-state index in [2.05, 4.69) is 5.32 Å². The zero-order chi connectivity index (χ0) is 9.26. The van der Waals surface area contributed by atoms with Gasteiger partial charge in [-0.25, -0.2) is 0 Å². The summed E-state index contributed by atoms with van der Waals surface area (Å²) in [5.74, 6) is 0. The van der Waals surface area contributed by atoms with E-state index >= 15 is 0 Å². The van der Waals surface area contributed by atoms with Crippen LogP contribution in [0.3, 0.4) is 0 Å². The van der Waals surface area contributed by atoms with Gasteiger partial charge in [-0.1, -0.05) is 6.07 Å². The Hall–Kier alpha value is -1.13. The molecule has 4 nitrogen and oxygen atoms in total. The zero-order valence-corrected chi connectivity index (χ0v) is 7.31. The fourth-order valence-corrected chi connectivity index (χ4v) is 1.70. The van der Waals surface area contributed by atoms with Crippen LogP contribution in [0.25, 0.3) is 0 Å². The van der Waals surface area contributed by atoms with Gasteiger partial charge in [-0.15, -0.1) is 0 Å². The Kier molecular flexibility index (Phi) is 2.16. The van der Waals surface area contributed by atoms with E-state index in [0.29, 0.717) is 0 Å². The van der Waals surface area contributed by atoms with Crippen molar-refractivity contribution in [3.63, 3.8) is 0 Å². The highest BCUT2D eigenvalue weighted by molar-refractivity contribution is 4.99. The summed E-state index contributed by atoms with van der Waals surface area (Å²) in [4.78, 5) is 11.4. The number of nitrogens with zero attached hydrogens (tertiary/aromatic N) is 1. The Bertz CT molecular complexity index is 347. The molecular weight excluding hydrogens is 166 g/mol. The molecule has 13 heavy (non-hydrogen) atoms. The van der Waals surface area contributed by atoms with Gasteiger partial charge in [0.15, 0.2) is 0 Å². The highest BCUT2D eigenvalue weighted by Gasteiger charge is 2.25. The summed E-state index contributed by atoms with van der Waals surface area (Å²) in [5.41, 5.74) is 5.88. The average molecular weight is 179 g/mol. The molecule has 2 heterocycles. The molecule has 0 spiro atoms. The number of nitrogens with one attached hydrogen (secondary N) is 1. The monoisotopic (exact) mass is 179 g/mol. The summed E-state index contributed by atoms with van der Waals surface area (Å²) < 4.78 is 1.70. The Balaban J connectivity index is 2.35. The van der Waals surface area contributed by atoms with Crippen LogP contribution in [0.1, 0.15) is 6.04 Å². The van der Waals surface area contributed by atoms with E-state index in [-0.39, 0.29) is 17.6 Å². The highest BCUT2D eigenvalue weighted by Crippen LogP contribution is 2.10. The van der Waals surface area contributed by atoms with Crippen LogP contribution < -0.4 is 16.6 Å². The molecule has 2 atom stereocenters. The van der Waals surface area contributed by atoms with Crippen LogP contribution in [0.4, 0.5) is 0 Å². The fraction of sp³-hybridized carbons (Fsp3) is 0.444. The van der Waals surface area contributed by atoms with Crippen LogP contribution in [-0.4, -0.2) is 23.7 Å². The van der Waals surface area contributed by atoms with Gasteiger partial charge in [0.05, 0.1) is 6.04 Å². The quantitative estimate of drug-likeness (QED) is 0.600. The van der Waals surface area contributed by atoms with Crippen molar-refractivity contribution in [2.75, 3.05) is 13.1 Å². The second-order valence-corrected chi connectivity index (χ2v) is 3.34. The molecule has 0 unspecified atom stereocenters. The summed E-state index contributed by atoms with van der Waals surface area (Å²) in [7, 11) is 0. The minimum atomic E-state index is 0.0200. The van der Waals surface area contributed by atoms with Crippen LogP contribution in [0.5, 0.6) is 0 Å². The summed E-state index contributed by atoms with van der Waals surface area (Å²) in [6.45, 7) is 1.57. The molecule has 1 aromatic heterocycles. The standard InChI is InChI=1S/C9H13N3O/c10-7-5-11-6-8(7)12-4-2-1-3-9(12)13/h1-4,7-8,11H,5-6,10H2/t7-,8-/m1/s1. The molecule has 1 aliphatic rings. The van der Waals surface area contributed by atoms with Crippen LogP contribution in [0, 0.1) is 0 Å². The van der Waals surface area contributed by atoms with Gasteiger partial charge in [0.1, 0.15) is 0 Å². The van der Waals surface area contributed by atoms with E-state index in [1.165, 1.54) is 0 Å². The SMILES string of the molecule is N[C@@H]1CNC[C@H]1n1ccccc1=O. The molecule has 3 N–H and O–H groups in total. The second-order valence-electron chi connectivity index (χ2n) is 3.34. The molecule has 1 fully saturated rings. The first-order valence-corrected chi connectivity index (χ1v) is 4.42. The maximum Gasteiger partial charge on any atom is 0.250 e. The average Bonchev–Trinajstić information content (AvgIpc) is 2.52. The Morgan fingerprint density at radius 1 is 1.46 bits per heavy atom. The van der Waals surface area contributed by atoms with Gasteiger partial charge in [0.25, 0.3) is 5.56 Å². The Morgan fingerprint density at radius 2 is 2.31 bits per heavy atom. The summed E-state index contributed by atoms with van der Waals surface area (Å²) in [6.07, 6.45) is 1.79. The largest absolute Gasteiger partial charge is 0.325 e. The third-order valence-electron chi connectivity index (χ3n) is 2.44. The summed E-state index contributed by atoms with van der Waals surface area (Å²) >= 11 is 0. The third-order valence-corrected chi connectivity index (χ3v) is 2.44. The summed E-state index contributed by atoms with van der Waals surface area (Å²) in [5, 5.41) is 3.16. The molecule has 1 saturated heterocycles. The number of nitrogens with two attached hydrogens (primary N) is 1. The van der Waals surface area contributed by atoms with Gasteiger partial charge in [0.2, 0.25) is 0 Å². The van der Waals surface area contributed by atoms with Crippen molar-refractivity contribution in [3.05, 3.63) is 34.7 Å². The molecule has 70 valence electrons. The lowest BCUT2D eigenvalue weighted by molar-refractivity contribution is 0.477. The minimum Gasteiger partial charge on any atom is -0.325 e. The summed E-state index contributed by atoms with van der Waals surface area (Å²) in [6, 6.07) is 5.30. The second kappa shape index (κ2) is 3.32. The van der Waals surface area contributed by atoms with Crippen molar-refractivity contribution in [1.29, 1.82) is 0 Å². The van der Waals surface area contributed by atoms with Gasteiger partial charge in [-0.3, -0.25) is 4.79 Å². The predicted octanol–water partition coefficient (Wildman–Crippen LogP) is -0.680. The topological polar surface area (TPSA) is 60.0 Å². The fourth-order valence-electron chi connectivity index (χ4n) is 1.70. The van der Waals surface area contributed by atoms with Crippen molar-refractivity contribution in [2.24, 2.45) is 5.73 Å². The van der Waals surface area contributed by atoms with E-state index in [1.807, 2.05) is 6.07 Å². The molecule has 0 radical (unpaired) electrons. The normalized spacial score (nSPS) is 27.8. The Morgan fingerprint density at radius 3 is 2.92 bits per heavy atom. The number of hydrogen-bond donors (Lipinski definition) is 2. The molecular formula is C9H13N3O. The molecule has 2 rings (SSSR count). The van der Waals surface area contributed by atoms with Gasteiger partial charge < -0.3 is 15.6 Å². The molecule has 1 aromatic rings. The van der Waals surface area contributed by atoms with Crippen molar-refractivity contribution in [3.8, 4) is 0 Å². The van der Waals surface area contributed by atoms with Crippen molar-refractivity contribution < 1.29 is 0 Å². The number of aromatic nitrogens is 1. The van der Waals surface area contributed by atoms with Crippen molar-refractivity contribution >= 4 is 0 Å². The lowest BCUT2D eigenvalue weighted by atomic mass is 10.2. The Labute approximate surface area is 76.4 Å². The molecule has 0 saturated carbocycles. The number of pyridine rings is 1. The highest BCUT2D eigenvalue weighted by atomic mass is 16.1. The molecule has 0 amide bonds. The smallest absolute Gasteiger partial charge is 0.250 e. The van der Waals surface area contributed by atoms with E-state index in [1.54, 1.807) is 22.9 Å². The van der Waals surface area contributed by atoms with Gasteiger partial charge in [0, 0.05) is 31.4 Å². The molecule has 4 heteroatoms. The van der Waals surface area contributed by atoms with Crippen LogP contribution >= 0.6 is 0 Å². The van der Waals surface area contributed by atoms with Crippen LogP contribution in [-0.2, 0) is 0 Å². The predicted molar refractivity (Wildman–Crippen MR) is 50.6 cm³/mol. The van der Waals surface area contributed by atoms with Gasteiger partial charge in [-0.2, -0.15) is 0 Å². The van der Waals surface area contributed by atoms with Gasteiger partial charge in [-0.05, 0) is 6.07 Å². The van der Waals surface area contributed by atoms with E-state index < -0.39 is 0 Å². The zero-order valence-electron chi connectivity index (χ0n) is 7.31. The minimum absolute atomic E-state index is 0.0200. The van der Waals surface area contributed by atoms with Crippen LogP contribution in [0.15, 0.2) is 29.2 Å². The van der Waals surface area contributed by atoms with Crippen molar-refractivity contribution in [2.45, 2.75) is 12.1 Å². The number of hydrogen-bond acceptors (Lipinski definition) is 3. The maximum atomic E-state index is 11.4. The third kappa shape index (κ3) is 1.50. The van der Waals surface area contributed by atoms with Crippen molar-refractivity contribution in [1.82, 2.24) is 9.88 Å². The molecule has 0 aromatic carbocycles. The van der Waals surface area contributed by atoms with E-state index in [4.69, 9.17) is 5.73 Å². The first-order chi connectivity index (χ1) is 6.29. The molecule has 0 aliphatic carbocycles.